The van der Waals surface area contributed by atoms with Gasteiger partial charge in [-0.3, -0.25) is 28.8 Å². The van der Waals surface area contributed by atoms with Gasteiger partial charge in [0.15, 0.2) is 6.29 Å². The Morgan fingerprint density at radius 3 is 1.32 bits per heavy atom. The lowest BCUT2D eigenvalue weighted by Gasteiger charge is -2.14. The zero-order valence-electron chi connectivity index (χ0n) is 34.6. The predicted octanol–water partition coefficient (Wildman–Crippen LogP) is 2.42. The average Bonchev–Trinajstić information content (AvgIpc) is 3.19. The molecule has 339 valence electrons. The van der Waals surface area contributed by atoms with Gasteiger partial charge in [0, 0.05) is 38.8 Å². The van der Waals surface area contributed by atoms with Crippen molar-refractivity contribution < 1.29 is 72.6 Å². The summed E-state index contributed by atoms with van der Waals surface area (Å²) < 4.78 is 21.0. The normalized spacial score (nSPS) is 11.9. The van der Waals surface area contributed by atoms with Gasteiger partial charge in [-0.2, -0.15) is 0 Å². The van der Waals surface area contributed by atoms with E-state index in [4.69, 9.17) is 29.2 Å². The number of aliphatic carboxylic acids is 3. The monoisotopic (exact) mass is 845 g/mol. The molecule has 0 aliphatic carbocycles. The minimum Gasteiger partial charge on any atom is -0.481 e. The molecule has 0 bridgehead atoms. The molecule has 19 nitrogen and oxygen atoms in total. The van der Waals surface area contributed by atoms with E-state index in [2.05, 4.69) is 21.3 Å². The Morgan fingerprint density at radius 1 is 0.441 bits per heavy atom. The summed E-state index contributed by atoms with van der Waals surface area (Å²) in [5, 5.41) is 37.2. The zero-order valence-corrected chi connectivity index (χ0v) is 34.6. The molecule has 0 saturated carbocycles. The van der Waals surface area contributed by atoms with Crippen LogP contribution in [0.3, 0.4) is 0 Å². The molecule has 0 fully saturated rings. The summed E-state index contributed by atoms with van der Waals surface area (Å²) in [6.45, 7) is 0.667. The molecule has 0 unspecified atom stereocenters. The van der Waals surface area contributed by atoms with Crippen LogP contribution in [0.25, 0.3) is 0 Å². The van der Waals surface area contributed by atoms with Crippen LogP contribution in [0, 0.1) is 0 Å². The van der Waals surface area contributed by atoms with Crippen LogP contribution in [0.1, 0.15) is 128 Å². The smallest absolute Gasteiger partial charge is 0.326 e. The van der Waals surface area contributed by atoms with Gasteiger partial charge in [-0.25, -0.2) is 9.59 Å². The van der Waals surface area contributed by atoms with Crippen LogP contribution < -0.4 is 21.3 Å². The Bertz CT molecular complexity index is 1190. The first-order chi connectivity index (χ1) is 28.5. The first-order valence-electron chi connectivity index (χ1n) is 20.9. The third kappa shape index (κ3) is 37.8. The molecule has 7 N–H and O–H groups in total. The number of carbonyl (C=O) groups excluding carboxylic acids is 5. The van der Waals surface area contributed by atoms with Gasteiger partial charge in [0.1, 0.15) is 25.3 Å². The second-order valence-electron chi connectivity index (χ2n) is 14.0. The molecular formula is C40H69N4O15. The van der Waals surface area contributed by atoms with Crippen molar-refractivity contribution in [1.29, 1.82) is 0 Å². The van der Waals surface area contributed by atoms with Crippen molar-refractivity contribution in [3.63, 3.8) is 0 Å². The molecule has 0 aromatic rings. The van der Waals surface area contributed by atoms with E-state index in [1.807, 2.05) is 0 Å². The predicted molar refractivity (Wildman–Crippen MR) is 214 cm³/mol. The summed E-state index contributed by atoms with van der Waals surface area (Å²) in [4.78, 5) is 91.6. The van der Waals surface area contributed by atoms with Crippen molar-refractivity contribution in [3.05, 3.63) is 0 Å². The van der Waals surface area contributed by atoms with Crippen LogP contribution in [-0.4, -0.2) is 141 Å². The minimum absolute atomic E-state index is 0.0418. The van der Waals surface area contributed by atoms with Gasteiger partial charge in [-0.1, -0.05) is 77.0 Å². The van der Waals surface area contributed by atoms with Crippen molar-refractivity contribution in [3.8, 4) is 0 Å². The van der Waals surface area contributed by atoms with Crippen LogP contribution in [0.15, 0.2) is 0 Å². The Morgan fingerprint density at radius 2 is 0.847 bits per heavy atom. The first-order valence-corrected chi connectivity index (χ1v) is 20.9. The fourth-order valence-electron chi connectivity index (χ4n) is 5.61. The fourth-order valence-corrected chi connectivity index (χ4v) is 5.61. The third-order valence-electron chi connectivity index (χ3n) is 8.85. The van der Waals surface area contributed by atoms with Gasteiger partial charge in [-0.05, 0) is 25.7 Å². The Hall–Kier alpha value is -4.20. The molecule has 0 aromatic carbocycles. The van der Waals surface area contributed by atoms with Gasteiger partial charge < -0.3 is 55.5 Å². The molecule has 0 heterocycles. The number of hydrogen-bond acceptors (Lipinski definition) is 12. The number of amides is 4. The summed E-state index contributed by atoms with van der Waals surface area (Å²) >= 11 is 0. The number of unbranched alkanes of at least 4 members (excludes halogenated alkanes) is 13. The van der Waals surface area contributed by atoms with Crippen LogP contribution in [0.2, 0.25) is 0 Å². The quantitative estimate of drug-likeness (QED) is 0.0434. The van der Waals surface area contributed by atoms with E-state index in [9.17, 15) is 43.5 Å². The molecular weight excluding hydrogens is 776 g/mol. The average molecular weight is 846 g/mol. The number of hydrogen-bond donors (Lipinski definition) is 7. The van der Waals surface area contributed by atoms with E-state index in [0.717, 1.165) is 44.9 Å². The highest BCUT2D eigenvalue weighted by Gasteiger charge is 2.21. The van der Waals surface area contributed by atoms with Crippen LogP contribution in [-0.2, 0) is 57.3 Å². The van der Waals surface area contributed by atoms with E-state index in [0.29, 0.717) is 6.42 Å². The summed E-state index contributed by atoms with van der Waals surface area (Å²) in [7, 11) is 0. The lowest BCUT2D eigenvalue weighted by molar-refractivity contribution is -0.143. The van der Waals surface area contributed by atoms with Crippen molar-refractivity contribution in [2.24, 2.45) is 0 Å². The molecule has 0 rings (SSSR count). The van der Waals surface area contributed by atoms with E-state index < -0.39 is 35.9 Å². The highest BCUT2D eigenvalue weighted by atomic mass is 16.5. The maximum atomic E-state index is 12.3. The zero-order chi connectivity index (χ0) is 43.8. The maximum absolute atomic E-state index is 12.3. The summed E-state index contributed by atoms with van der Waals surface area (Å²) in [6.07, 6.45) is 16.7. The summed E-state index contributed by atoms with van der Waals surface area (Å²) in [5.74, 6) is -4.91. The number of rotatable bonds is 43. The Kier molecular flexibility index (Phi) is 36.5. The van der Waals surface area contributed by atoms with Crippen LogP contribution >= 0.6 is 0 Å². The number of carbonyl (C=O) groups is 7. The van der Waals surface area contributed by atoms with Gasteiger partial charge in [0.05, 0.1) is 39.6 Å². The van der Waals surface area contributed by atoms with Gasteiger partial charge >= 0.3 is 17.9 Å². The summed E-state index contributed by atoms with van der Waals surface area (Å²) in [6, 6.07) is -2.36. The maximum Gasteiger partial charge on any atom is 0.326 e. The first kappa shape index (κ1) is 54.8. The van der Waals surface area contributed by atoms with Crippen molar-refractivity contribution >= 4 is 47.8 Å². The molecule has 2 atom stereocenters. The van der Waals surface area contributed by atoms with Crippen molar-refractivity contribution in [1.82, 2.24) is 21.3 Å². The molecule has 4 amide bonds. The van der Waals surface area contributed by atoms with Gasteiger partial charge in [0.25, 0.3) is 0 Å². The van der Waals surface area contributed by atoms with Gasteiger partial charge in [0.2, 0.25) is 23.6 Å². The number of carboxylic acid groups (broad SMARTS) is 3. The highest BCUT2D eigenvalue weighted by Crippen LogP contribution is 2.14. The van der Waals surface area contributed by atoms with E-state index in [-0.39, 0.29) is 122 Å². The van der Waals surface area contributed by atoms with Crippen LogP contribution in [0.5, 0.6) is 0 Å². The Balaban J connectivity index is 3.71. The number of ether oxygens (including phenoxy) is 4. The lowest BCUT2D eigenvalue weighted by Crippen LogP contribution is -2.42. The largest absolute Gasteiger partial charge is 0.481 e. The number of carboxylic acids is 3. The van der Waals surface area contributed by atoms with E-state index in [1.165, 1.54) is 38.5 Å². The SMILES string of the molecule is O=[C]CC[C@H](NC(=O)COCCOCCNC(=O)COCCOCCNC(=O)CC[C@H](NC(=O)CCCCCCCCCCCCCCCCC(=O)O)C(=O)O)C(=O)O. The van der Waals surface area contributed by atoms with Gasteiger partial charge in [-0.15, -0.1) is 0 Å². The minimum atomic E-state index is -1.26. The molecule has 1 radical (unpaired) electrons. The van der Waals surface area contributed by atoms with Crippen LogP contribution in [0.4, 0.5) is 0 Å². The fraction of sp³-hybridized carbons (Fsp3) is 0.800. The van der Waals surface area contributed by atoms with Crippen molar-refractivity contribution in [2.75, 3.05) is 65.9 Å². The number of nitrogens with one attached hydrogen (secondary N) is 4. The molecule has 0 aromatic heterocycles. The van der Waals surface area contributed by atoms with Crippen molar-refractivity contribution in [2.45, 2.75) is 141 Å². The molecule has 59 heavy (non-hydrogen) atoms. The molecule has 19 heteroatoms. The third-order valence-corrected chi connectivity index (χ3v) is 8.85. The molecule has 0 aliphatic rings. The standard InChI is InChI=1S/C40H69N4O15/c45-23-15-16-32(39(52)53)44-37(49)31-59-29-27-57-25-22-42-36(48)30-58-28-26-56-24-21-41-34(46)20-19-33(40(54)55)43-35(47)17-13-11-9-7-5-3-1-2-4-6-8-10-12-14-18-38(50)51/h32-33H,1-22,24-31H2,(H,41,46)(H,42,48)(H,43,47)(H,44,49)(H,50,51)(H,52,53)(H,54,55)/t32-,33-/m0/s1. The second-order valence-corrected chi connectivity index (χ2v) is 14.0. The summed E-state index contributed by atoms with van der Waals surface area (Å²) in [5.41, 5.74) is 0. The molecule has 0 saturated heterocycles. The molecule has 0 spiro atoms. The Labute approximate surface area is 347 Å². The highest BCUT2D eigenvalue weighted by molar-refractivity contribution is 5.85. The topological polar surface area (TPSA) is 282 Å². The molecule has 0 aliphatic heterocycles. The van der Waals surface area contributed by atoms with E-state index in [1.54, 1.807) is 6.29 Å². The lowest BCUT2D eigenvalue weighted by atomic mass is 10.0. The second kappa shape index (κ2) is 39.3. The van der Waals surface area contributed by atoms with E-state index >= 15 is 0 Å².